The van der Waals surface area contributed by atoms with E-state index >= 15 is 0 Å². The van der Waals surface area contributed by atoms with E-state index in [1.165, 1.54) is 0 Å². The van der Waals surface area contributed by atoms with Crippen molar-refractivity contribution in [1.29, 1.82) is 11.1 Å². The van der Waals surface area contributed by atoms with E-state index in [0.717, 1.165) is 0 Å². The summed E-state index contributed by atoms with van der Waals surface area (Å²) in [5.74, 6) is 0. The van der Waals surface area contributed by atoms with Crippen LogP contribution in [0.25, 0.3) is 0 Å². The first-order chi connectivity index (χ1) is 3.00. The Morgan fingerprint density at radius 1 is 1.25 bits per heavy atom. The van der Waals surface area contributed by atoms with E-state index in [-0.39, 0.29) is 52.8 Å². The predicted molar refractivity (Wildman–Crippen MR) is 20.8 cm³/mol. The average molecular weight is 168 g/mol. The molecule has 8 heteroatoms. The first-order valence-electron chi connectivity index (χ1n) is 1.03. The Kier molecular flexibility index (Phi) is 16.9. The van der Waals surface area contributed by atoms with Gasteiger partial charge in [-0.1, -0.05) is 0 Å². The largest absolute Gasteiger partial charge is 1.00 e. The molecular weight excluding hydrogens is 162 g/mol. The molecule has 0 fully saturated rings. The first kappa shape index (κ1) is 16.2. The molecule has 0 aromatic rings. The van der Waals surface area contributed by atoms with Gasteiger partial charge in [-0.3, -0.25) is 0 Å². The van der Waals surface area contributed by atoms with E-state index in [0.29, 0.717) is 0 Å². The molecule has 46 valence electrons. The molecule has 0 aromatic carbocycles. The molecule has 0 spiro atoms. The molecule has 6 nitrogen and oxygen atoms in total. The zero-order valence-corrected chi connectivity index (χ0v) is 8.21. The third-order valence-corrected chi connectivity index (χ3v) is 0. The normalized spacial score (nSPS) is 7.88. The summed E-state index contributed by atoms with van der Waals surface area (Å²) in [6.45, 7) is 0. The molecule has 0 aliphatic heterocycles. The van der Waals surface area contributed by atoms with Gasteiger partial charge in [0.05, 0.1) is 0 Å². The maximum Gasteiger partial charge on any atom is 1.00 e. The third kappa shape index (κ3) is 163. The summed E-state index contributed by atoms with van der Waals surface area (Å²) >= 11 is 0. The summed E-state index contributed by atoms with van der Waals surface area (Å²) in [6, 6.07) is 0. The van der Waals surface area contributed by atoms with Crippen LogP contribution in [0.4, 0.5) is 0 Å². The minimum atomic E-state index is -4.64. The molecule has 0 rings (SSSR count). The summed E-state index contributed by atoms with van der Waals surface area (Å²) < 4.78 is 8.88. The molecule has 0 aliphatic carbocycles. The van der Waals surface area contributed by atoms with Crippen molar-refractivity contribution in [3.05, 3.63) is 0 Å². The van der Waals surface area contributed by atoms with Crippen molar-refractivity contribution in [1.82, 2.24) is 0 Å². The third-order valence-electron chi connectivity index (χ3n) is 0. The van der Waals surface area contributed by atoms with Crippen LogP contribution in [0.15, 0.2) is 0 Å². The molecule has 0 aliphatic rings. The smallest absolute Gasteiger partial charge is 1.00 e. The fourth-order valence-corrected chi connectivity index (χ4v) is 0. The molecule has 0 saturated heterocycles. The number of hydrogen-bond acceptors (Lipinski definition) is 3. The molecule has 0 heterocycles. The number of rotatable bonds is 0. The Hall–Kier alpha value is 1.35. The minimum absolute atomic E-state index is 0. The molecule has 0 saturated carbocycles. The molecule has 0 amide bonds. The second-order valence-corrected chi connectivity index (χ2v) is 1.54. The van der Waals surface area contributed by atoms with Gasteiger partial charge >= 0.3 is 59.2 Å². The first-order valence-corrected chi connectivity index (χ1v) is 2.60. The monoisotopic (exact) mass is 168 g/mol. The Labute approximate surface area is 89.7 Å². The van der Waals surface area contributed by atoms with Gasteiger partial charge in [-0.05, 0) is 0 Å². The molecular formula is H6KN2O4P. The van der Waals surface area contributed by atoms with Gasteiger partial charge in [0, 0.05) is 0 Å². The zero-order chi connectivity index (χ0) is 6.50. The fraction of sp³-hybridized carbons (Fsp3) is 0. The zero-order valence-electron chi connectivity index (χ0n) is 5.20. The summed E-state index contributed by atoms with van der Waals surface area (Å²) in [7, 11) is -4.64. The van der Waals surface area contributed by atoms with Crippen molar-refractivity contribution in [3.8, 4) is 0 Å². The summed E-state index contributed by atoms with van der Waals surface area (Å²) in [4.78, 5) is 21.6. The van der Waals surface area contributed by atoms with E-state index in [1.807, 2.05) is 0 Å². The standard InChI is InChI=1S/K.H2N2.H3O4P.H/c;1-2;1-5(2,3)4;/h;1-2H;(H3,1,2,3,4);/q+1;;;-1. The molecule has 0 radical (unpaired) electrons. The van der Waals surface area contributed by atoms with E-state index in [9.17, 15) is 0 Å². The molecule has 0 aromatic heterocycles. The van der Waals surface area contributed by atoms with Crippen molar-refractivity contribution in [3.63, 3.8) is 0 Å². The molecule has 0 bridgehead atoms. The molecule has 8 heavy (non-hydrogen) atoms. The van der Waals surface area contributed by atoms with Gasteiger partial charge in [0.15, 0.2) is 0 Å². The van der Waals surface area contributed by atoms with Crippen LogP contribution in [0.5, 0.6) is 0 Å². The van der Waals surface area contributed by atoms with Crippen LogP contribution in [0, 0.1) is 11.1 Å². The Morgan fingerprint density at radius 2 is 1.25 bits per heavy atom. The van der Waals surface area contributed by atoms with E-state index < -0.39 is 7.82 Å². The predicted octanol–water partition coefficient (Wildman–Crippen LogP) is -3.22. The van der Waals surface area contributed by atoms with Crippen LogP contribution in [0.2, 0.25) is 0 Å². The van der Waals surface area contributed by atoms with Crippen molar-refractivity contribution in [2.75, 3.05) is 0 Å². The summed E-state index contributed by atoms with van der Waals surface area (Å²) in [6.07, 6.45) is 0. The van der Waals surface area contributed by atoms with Crippen molar-refractivity contribution in [2.24, 2.45) is 0 Å². The van der Waals surface area contributed by atoms with Crippen molar-refractivity contribution >= 4 is 7.82 Å². The number of hydrogen-bond donors (Lipinski definition) is 5. The molecule has 0 atom stereocenters. The maximum absolute atomic E-state index is 8.88. The van der Waals surface area contributed by atoms with Crippen LogP contribution in [0.3, 0.4) is 0 Å². The Bertz CT molecular complexity index is 74.4. The fourth-order valence-electron chi connectivity index (χ4n) is 0. The number of phosphoric acid groups is 1. The van der Waals surface area contributed by atoms with Crippen LogP contribution in [-0.2, 0) is 4.57 Å². The average Bonchev–Trinajstić information content (AvgIpc) is 1.36. The molecule has 0 unspecified atom stereocenters. The van der Waals surface area contributed by atoms with Gasteiger partial charge in [-0.2, -0.15) is 0 Å². The van der Waals surface area contributed by atoms with Gasteiger partial charge in [0.25, 0.3) is 0 Å². The van der Waals surface area contributed by atoms with Gasteiger partial charge in [-0.15, -0.1) is 0 Å². The topological polar surface area (TPSA) is 125 Å². The van der Waals surface area contributed by atoms with Crippen LogP contribution in [-0.4, -0.2) is 14.7 Å². The van der Waals surface area contributed by atoms with Crippen LogP contribution in [0.1, 0.15) is 1.43 Å². The van der Waals surface area contributed by atoms with Gasteiger partial charge in [0.1, 0.15) is 0 Å². The van der Waals surface area contributed by atoms with Crippen molar-refractivity contribution < 1.29 is 72.1 Å². The van der Waals surface area contributed by atoms with Gasteiger partial charge in [-0.25, -0.2) is 15.6 Å². The SMILES string of the molecule is N=N.O=P(O)(O)O.[H-].[K+]. The number of nitrogens with one attached hydrogen (secondary N) is 2. The maximum atomic E-state index is 8.88. The van der Waals surface area contributed by atoms with Gasteiger partial charge < -0.3 is 16.1 Å². The second kappa shape index (κ2) is 8.35. The van der Waals surface area contributed by atoms with Crippen LogP contribution >= 0.6 is 7.82 Å². The Morgan fingerprint density at radius 3 is 1.25 bits per heavy atom. The van der Waals surface area contributed by atoms with Crippen molar-refractivity contribution in [2.45, 2.75) is 0 Å². The minimum Gasteiger partial charge on any atom is -1.00 e. The second-order valence-electron chi connectivity index (χ2n) is 0.513. The Balaban J connectivity index is -0.0000000286. The van der Waals surface area contributed by atoms with Crippen LogP contribution < -0.4 is 51.4 Å². The van der Waals surface area contributed by atoms with E-state index in [2.05, 4.69) is 0 Å². The quantitative estimate of drug-likeness (QED) is 0.148. The molecule has 5 N–H and O–H groups in total. The summed E-state index contributed by atoms with van der Waals surface area (Å²) in [5, 5.41) is 0. The summed E-state index contributed by atoms with van der Waals surface area (Å²) in [5.41, 5.74) is 10.0. The van der Waals surface area contributed by atoms with Gasteiger partial charge in [0.2, 0.25) is 0 Å². The van der Waals surface area contributed by atoms with E-state index in [1.54, 1.807) is 0 Å². The van der Waals surface area contributed by atoms with E-state index in [4.69, 9.17) is 30.3 Å².